The maximum absolute atomic E-state index is 12.1. The Labute approximate surface area is 105 Å². The quantitative estimate of drug-likeness (QED) is 0.892. The molecule has 4 heteroatoms. The third kappa shape index (κ3) is 2.15. The van der Waals surface area contributed by atoms with E-state index in [4.69, 9.17) is 11.6 Å². The SMILES string of the molecule is CCN(CC)C(=O)c1cc2c(Cl)cccc2[nH]1. The number of fused-ring (bicyclic) bond motifs is 1. The molecule has 0 spiro atoms. The molecule has 0 fully saturated rings. The topological polar surface area (TPSA) is 36.1 Å². The zero-order valence-corrected chi connectivity index (χ0v) is 10.7. The molecule has 1 N–H and O–H groups in total. The van der Waals surface area contributed by atoms with Crippen LogP contribution in [0.2, 0.25) is 5.02 Å². The fourth-order valence-corrected chi connectivity index (χ4v) is 2.14. The maximum Gasteiger partial charge on any atom is 0.270 e. The fourth-order valence-electron chi connectivity index (χ4n) is 1.91. The molecule has 2 rings (SSSR count). The summed E-state index contributed by atoms with van der Waals surface area (Å²) in [6.07, 6.45) is 0. The van der Waals surface area contributed by atoms with Gasteiger partial charge in [0.05, 0.1) is 0 Å². The van der Waals surface area contributed by atoms with Crippen LogP contribution in [0.15, 0.2) is 24.3 Å². The summed E-state index contributed by atoms with van der Waals surface area (Å²) in [5.74, 6) is 0.0160. The third-order valence-corrected chi connectivity index (χ3v) is 3.22. The van der Waals surface area contributed by atoms with Crippen molar-refractivity contribution >= 4 is 28.4 Å². The molecule has 1 amide bonds. The van der Waals surface area contributed by atoms with Crippen LogP contribution in [0, 0.1) is 0 Å². The van der Waals surface area contributed by atoms with Gasteiger partial charge in [-0.1, -0.05) is 17.7 Å². The highest BCUT2D eigenvalue weighted by Crippen LogP contribution is 2.24. The van der Waals surface area contributed by atoms with Crippen molar-refractivity contribution in [2.45, 2.75) is 13.8 Å². The number of benzene rings is 1. The molecule has 0 unspecified atom stereocenters. The molecular weight excluding hydrogens is 236 g/mol. The van der Waals surface area contributed by atoms with Gasteiger partial charge in [-0.25, -0.2) is 0 Å². The summed E-state index contributed by atoms with van der Waals surface area (Å²) in [5.41, 5.74) is 1.49. The summed E-state index contributed by atoms with van der Waals surface area (Å²) >= 11 is 6.08. The van der Waals surface area contributed by atoms with E-state index in [1.54, 1.807) is 4.90 Å². The van der Waals surface area contributed by atoms with Gasteiger partial charge in [0.25, 0.3) is 5.91 Å². The van der Waals surface area contributed by atoms with Crippen LogP contribution >= 0.6 is 11.6 Å². The van der Waals surface area contributed by atoms with Crippen LogP contribution in [-0.2, 0) is 0 Å². The van der Waals surface area contributed by atoms with Crippen LogP contribution < -0.4 is 0 Å². The van der Waals surface area contributed by atoms with Crippen LogP contribution in [0.1, 0.15) is 24.3 Å². The molecule has 1 heterocycles. The molecule has 0 bridgehead atoms. The minimum atomic E-state index is 0.0160. The number of H-pyrrole nitrogens is 1. The Balaban J connectivity index is 2.43. The predicted molar refractivity (Wildman–Crippen MR) is 70.6 cm³/mol. The first-order valence-corrected chi connectivity index (χ1v) is 6.11. The number of nitrogens with one attached hydrogen (secondary N) is 1. The Morgan fingerprint density at radius 3 is 2.65 bits per heavy atom. The van der Waals surface area contributed by atoms with Crippen molar-refractivity contribution in [1.82, 2.24) is 9.88 Å². The molecule has 3 nitrogen and oxygen atoms in total. The zero-order chi connectivity index (χ0) is 12.4. The van der Waals surface area contributed by atoms with Gasteiger partial charge >= 0.3 is 0 Å². The van der Waals surface area contributed by atoms with Crippen LogP contribution in [0.25, 0.3) is 10.9 Å². The monoisotopic (exact) mass is 250 g/mol. The molecule has 2 aromatic rings. The smallest absolute Gasteiger partial charge is 0.270 e. The van der Waals surface area contributed by atoms with Gasteiger partial charge < -0.3 is 9.88 Å². The molecule has 90 valence electrons. The standard InChI is InChI=1S/C13H15ClN2O/c1-3-16(4-2)13(17)12-8-9-10(14)6-5-7-11(9)15-12/h5-8,15H,3-4H2,1-2H3. The Morgan fingerprint density at radius 1 is 1.35 bits per heavy atom. The zero-order valence-electron chi connectivity index (χ0n) is 9.96. The van der Waals surface area contributed by atoms with E-state index < -0.39 is 0 Å². The molecule has 0 aliphatic carbocycles. The number of aromatic amines is 1. The summed E-state index contributed by atoms with van der Waals surface area (Å²) in [6, 6.07) is 7.43. The number of aromatic nitrogens is 1. The van der Waals surface area contributed by atoms with E-state index in [0.717, 1.165) is 10.9 Å². The molecule has 1 aromatic carbocycles. The van der Waals surface area contributed by atoms with E-state index in [2.05, 4.69) is 4.98 Å². The number of amides is 1. The van der Waals surface area contributed by atoms with E-state index >= 15 is 0 Å². The first kappa shape index (κ1) is 12.0. The molecule has 0 atom stereocenters. The number of carbonyl (C=O) groups is 1. The number of nitrogens with zero attached hydrogens (tertiary/aromatic N) is 1. The maximum atomic E-state index is 12.1. The van der Waals surface area contributed by atoms with Crippen molar-refractivity contribution in [2.75, 3.05) is 13.1 Å². The number of halogens is 1. The predicted octanol–water partition coefficient (Wildman–Crippen LogP) is 3.30. The van der Waals surface area contributed by atoms with Gasteiger partial charge in [0.2, 0.25) is 0 Å². The second-order valence-electron chi connectivity index (χ2n) is 3.86. The first-order valence-electron chi connectivity index (χ1n) is 5.73. The highest BCUT2D eigenvalue weighted by atomic mass is 35.5. The van der Waals surface area contributed by atoms with E-state index in [9.17, 15) is 4.79 Å². The average Bonchev–Trinajstić information content (AvgIpc) is 2.76. The van der Waals surface area contributed by atoms with Gasteiger partial charge in [-0.15, -0.1) is 0 Å². The van der Waals surface area contributed by atoms with Crippen molar-refractivity contribution in [3.8, 4) is 0 Å². The lowest BCUT2D eigenvalue weighted by Gasteiger charge is -2.17. The van der Waals surface area contributed by atoms with Crippen molar-refractivity contribution in [1.29, 1.82) is 0 Å². The molecule has 0 aliphatic heterocycles. The Kier molecular flexibility index (Phi) is 3.38. The van der Waals surface area contributed by atoms with Crippen LogP contribution in [0.3, 0.4) is 0 Å². The first-order chi connectivity index (χ1) is 8.17. The highest BCUT2D eigenvalue weighted by molar-refractivity contribution is 6.35. The second kappa shape index (κ2) is 4.80. The summed E-state index contributed by atoms with van der Waals surface area (Å²) < 4.78 is 0. The lowest BCUT2D eigenvalue weighted by Crippen LogP contribution is -2.30. The van der Waals surface area contributed by atoms with Crippen molar-refractivity contribution in [3.63, 3.8) is 0 Å². The van der Waals surface area contributed by atoms with Crippen LogP contribution in [0.4, 0.5) is 0 Å². The van der Waals surface area contributed by atoms with Crippen molar-refractivity contribution < 1.29 is 4.79 Å². The van der Waals surface area contributed by atoms with Crippen LogP contribution in [-0.4, -0.2) is 28.9 Å². The largest absolute Gasteiger partial charge is 0.350 e. The molecule has 0 aliphatic rings. The number of carbonyl (C=O) groups excluding carboxylic acids is 1. The fraction of sp³-hybridized carbons (Fsp3) is 0.308. The summed E-state index contributed by atoms with van der Waals surface area (Å²) in [4.78, 5) is 17.0. The molecule has 17 heavy (non-hydrogen) atoms. The van der Waals surface area contributed by atoms with E-state index in [0.29, 0.717) is 23.8 Å². The minimum absolute atomic E-state index is 0.0160. The number of hydrogen-bond donors (Lipinski definition) is 1. The Bertz CT molecular complexity index is 543. The van der Waals surface area contributed by atoms with Gasteiger partial charge in [-0.05, 0) is 32.0 Å². The molecule has 0 radical (unpaired) electrons. The summed E-state index contributed by atoms with van der Waals surface area (Å²) in [6.45, 7) is 5.35. The molecule has 1 aromatic heterocycles. The van der Waals surface area contributed by atoms with Gasteiger partial charge in [0, 0.05) is 29.0 Å². The van der Waals surface area contributed by atoms with Gasteiger partial charge in [-0.2, -0.15) is 0 Å². The Hall–Kier alpha value is -1.48. The summed E-state index contributed by atoms with van der Waals surface area (Å²) in [5, 5.41) is 1.56. The second-order valence-corrected chi connectivity index (χ2v) is 4.27. The molecular formula is C13H15ClN2O. The van der Waals surface area contributed by atoms with Crippen LogP contribution in [0.5, 0.6) is 0 Å². The van der Waals surface area contributed by atoms with Gasteiger partial charge in [0.15, 0.2) is 0 Å². The van der Waals surface area contributed by atoms with E-state index in [1.165, 1.54) is 0 Å². The average molecular weight is 251 g/mol. The normalized spacial score (nSPS) is 10.8. The number of rotatable bonds is 3. The lowest BCUT2D eigenvalue weighted by molar-refractivity contribution is 0.0768. The van der Waals surface area contributed by atoms with Gasteiger partial charge in [-0.3, -0.25) is 4.79 Å². The van der Waals surface area contributed by atoms with Crippen molar-refractivity contribution in [3.05, 3.63) is 35.0 Å². The van der Waals surface area contributed by atoms with Crippen molar-refractivity contribution in [2.24, 2.45) is 0 Å². The van der Waals surface area contributed by atoms with E-state index in [-0.39, 0.29) is 5.91 Å². The van der Waals surface area contributed by atoms with E-state index in [1.807, 2.05) is 38.1 Å². The molecule has 0 saturated carbocycles. The molecule has 0 saturated heterocycles. The van der Waals surface area contributed by atoms with Gasteiger partial charge in [0.1, 0.15) is 5.69 Å². The summed E-state index contributed by atoms with van der Waals surface area (Å²) in [7, 11) is 0. The lowest BCUT2D eigenvalue weighted by atomic mass is 10.2. The third-order valence-electron chi connectivity index (χ3n) is 2.89. The minimum Gasteiger partial charge on any atom is -0.350 e. The Morgan fingerprint density at radius 2 is 2.06 bits per heavy atom. The highest BCUT2D eigenvalue weighted by Gasteiger charge is 2.15. The number of hydrogen-bond acceptors (Lipinski definition) is 1.